The largest absolute Gasteiger partial charge is 0.385 e. The van der Waals surface area contributed by atoms with E-state index in [4.69, 9.17) is 0 Å². The molecular weight excluding hydrogens is 286 g/mol. The van der Waals surface area contributed by atoms with Crippen molar-refractivity contribution in [2.24, 2.45) is 0 Å². The molecule has 0 radical (unpaired) electrons. The Labute approximate surface area is 125 Å². The zero-order valence-corrected chi connectivity index (χ0v) is 12.9. The minimum Gasteiger partial charge on any atom is -0.385 e. The first kappa shape index (κ1) is 15.5. The molecule has 0 spiro atoms. The highest BCUT2D eigenvalue weighted by molar-refractivity contribution is 7.89. The van der Waals surface area contributed by atoms with Crippen LogP contribution in [0.4, 0.5) is 5.69 Å². The maximum Gasteiger partial charge on any atom is 0.241 e. The lowest BCUT2D eigenvalue weighted by Gasteiger charge is -2.14. The monoisotopic (exact) mass is 305 g/mol. The van der Waals surface area contributed by atoms with Crippen LogP contribution >= 0.6 is 0 Å². The van der Waals surface area contributed by atoms with E-state index in [0.717, 1.165) is 17.8 Å². The molecule has 0 saturated heterocycles. The zero-order valence-electron chi connectivity index (χ0n) is 12.1. The molecule has 1 aromatic heterocycles. The maximum atomic E-state index is 12.3. The molecule has 0 aliphatic heterocycles. The van der Waals surface area contributed by atoms with Crippen molar-refractivity contribution in [3.05, 3.63) is 54.4 Å². The minimum atomic E-state index is -3.54. The first-order valence-electron chi connectivity index (χ1n) is 6.79. The van der Waals surface area contributed by atoms with Gasteiger partial charge in [-0.1, -0.05) is 0 Å². The Morgan fingerprint density at radius 1 is 1.10 bits per heavy atom. The molecule has 0 aliphatic rings. The third-order valence-electron chi connectivity index (χ3n) is 3.08. The fourth-order valence-corrected chi connectivity index (χ4v) is 3.21. The second-order valence-electron chi connectivity index (χ2n) is 4.68. The number of nitrogens with zero attached hydrogens (tertiary/aromatic N) is 1. The van der Waals surface area contributed by atoms with Gasteiger partial charge in [-0.2, -0.15) is 0 Å². The number of rotatable bonds is 6. The summed E-state index contributed by atoms with van der Waals surface area (Å²) in [5.41, 5.74) is 1.77. The van der Waals surface area contributed by atoms with Crippen molar-refractivity contribution in [1.29, 1.82) is 0 Å². The predicted octanol–water partition coefficient (Wildman–Crippen LogP) is 2.55. The Bertz CT molecular complexity index is 670. The average Bonchev–Trinajstić information content (AvgIpc) is 2.48. The van der Waals surface area contributed by atoms with Crippen LogP contribution in [0.2, 0.25) is 0 Å². The standard InChI is InChI=1S/C15H19N3O2S/c1-3-17-14-4-6-15(7-5-14)21(19,20)18-12(2)13-8-10-16-11-9-13/h4-12,17-18H,3H2,1-2H3. The molecule has 0 amide bonds. The van der Waals surface area contributed by atoms with Gasteiger partial charge in [-0.3, -0.25) is 4.98 Å². The quantitative estimate of drug-likeness (QED) is 0.860. The molecule has 1 heterocycles. The van der Waals surface area contributed by atoms with E-state index in [-0.39, 0.29) is 10.9 Å². The van der Waals surface area contributed by atoms with E-state index < -0.39 is 10.0 Å². The van der Waals surface area contributed by atoms with Gasteiger partial charge in [0.2, 0.25) is 10.0 Å². The third-order valence-corrected chi connectivity index (χ3v) is 4.64. The summed E-state index contributed by atoms with van der Waals surface area (Å²) < 4.78 is 27.3. The zero-order chi connectivity index (χ0) is 15.3. The van der Waals surface area contributed by atoms with Crippen LogP contribution in [0.5, 0.6) is 0 Å². The van der Waals surface area contributed by atoms with Crippen molar-refractivity contribution < 1.29 is 8.42 Å². The Morgan fingerprint density at radius 2 is 1.71 bits per heavy atom. The Morgan fingerprint density at radius 3 is 2.29 bits per heavy atom. The third kappa shape index (κ3) is 4.03. The van der Waals surface area contributed by atoms with E-state index >= 15 is 0 Å². The number of benzene rings is 1. The average molecular weight is 305 g/mol. The van der Waals surface area contributed by atoms with Crippen LogP contribution in [0.3, 0.4) is 0 Å². The van der Waals surface area contributed by atoms with E-state index in [9.17, 15) is 8.42 Å². The molecule has 0 aliphatic carbocycles. The molecule has 21 heavy (non-hydrogen) atoms. The van der Waals surface area contributed by atoms with E-state index in [1.165, 1.54) is 0 Å². The summed E-state index contributed by atoms with van der Waals surface area (Å²) in [5.74, 6) is 0. The van der Waals surface area contributed by atoms with Gasteiger partial charge in [0.15, 0.2) is 0 Å². The second kappa shape index (κ2) is 6.69. The van der Waals surface area contributed by atoms with Crippen molar-refractivity contribution in [1.82, 2.24) is 9.71 Å². The van der Waals surface area contributed by atoms with E-state index in [0.29, 0.717) is 0 Å². The van der Waals surface area contributed by atoms with Gasteiger partial charge in [0, 0.05) is 30.7 Å². The summed E-state index contributed by atoms with van der Waals surface area (Å²) in [5, 5.41) is 3.13. The first-order valence-corrected chi connectivity index (χ1v) is 8.27. The molecule has 2 rings (SSSR count). The molecule has 1 unspecified atom stereocenters. The van der Waals surface area contributed by atoms with Gasteiger partial charge in [-0.05, 0) is 55.8 Å². The molecular formula is C15H19N3O2S. The molecule has 5 nitrogen and oxygen atoms in total. The van der Waals surface area contributed by atoms with Gasteiger partial charge >= 0.3 is 0 Å². The van der Waals surface area contributed by atoms with Crippen molar-refractivity contribution >= 4 is 15.7 Å². The second-order valence-corrected chi connectivity index (χ2v) is 6.39. The van der Waals surface area contributed by atoms with Crippen LogP contribution in [-0.4, -0.2) is 19.9 Å². The SMILES string of the molecule is CCNc1ccc(S(=O)(=O)NC(C)c2ccncc2)cc1. The Hall–Kier alpha value is -1.92. The van der Waals surface area contributed by atoms with Crippen LogP contribution in [0.15, 0.2) is 53.7 Å². The summed E-state index contributed by atoms with van der Waals surface area (Å²) in [6, 6.07) is 9.98. The van der Waals surface area contributed by atoms with Gasteiger partial charge in [0.25, 0.3) is 0 Å². The van der Waals surface area contributed by atoms with Gasteiger partial charge in [0.05, 0.1) is 4.90 Å². The van der Waals surface area contributed by atoms with Crippen LogP contribution in [0, 0.1) is 0 Å². The van der Waals surface area contributed by atoms with Gasteiger partial charge in [-0.15, -0.1) is 0 Å². The highest BCUT2D eigenvalue weighted by atomic mass is 32.2. The van der Waals surface area contributed by atoms with Crippen LogP contribution in [-0.2, 0) is 10.0 Å². The number of aromatic nitrogens is 1. The molecule has 0 bridgehead atoms. The molecule has 2 aromatic rings. The summed E-state index contributed by atoms with van der Waals surface area (Å²) in [6.07, 6.45) is 3.29. The number of anilines is 1. The lowest BCUT2D eigenvalue weighted by Crippen LogP contribution is -2.26. The number of hydrogen-bond acceptors (Lipinski definition) is 4. The van der Waals surface area contributed by atoms with Crippen LogP contribution in [0.25, 0.3) is 0 Å². The predicted molar refractivity (Wildman–Crippen MR) is 83.6 cm³/mol. The Kier molecular flexibility index (Phi) is 4.93. The minimum absolute atomic E-state index is 0.255. The van der Waals surface area contributed by atoms with Gasteiger partial charge in [-0.25, -0.2) is 13.1 Å². The van der Waals surface area contributed by atoms with Crippen molar-refractivity contribution in [3.63, 3.8) is 0 Å². The fourth-order valence-electron chi connectivity index (χ4n) is 1.98. The summed E-state index contributed by atoms with van der Waals surface area (Å²) in [7, 11) is -3.54. The normalized spacial score (nSPS) is 12.9. The van der Waals surface area contributed by atoms with Gasteiger partial charge in [0.1, 0.15) is 0 Å². The number of nitrogens with one attached hydrogen (secondary N) is 2. The molecule has 0 saturated carbocycles. The number of sulfonamides is 1. The van der Waals surface area contributed by atoms with E-state index in [1.807, 2.05) is 6.92 Å². The van der Waals surface area contributed by atoms with Crippen molar-refractivity contribution in [2.75, 3.05) is 11.9 Å². The first-order chi connectivity index (χ1) is 10.0. The molecule has 6 heteroatoms. The van der Waals surface area contributed by atoms with Crippen LogP contribution in [0.1, 0.15) is 25.5 Å². The smallest absolute Gasteiger partial charge is 0.241 e. The molecule has 1 atom stereocenters. The highest BCUT2D eigenvalue weighted by Gasteiger charge is 2.18. The van der Waals surface area contributed by atoms with Crippen molar-refractivity contribution in [2.45, 2.75) is 24.8 Å². The maximum absolute atomic E-state index is 12.3. The summed E-state index contributed by atoms with van der Waals surface area (Å²) >= 11 is 0. The Balaban J connectivity index is 2.14. The highest BCUT2D eigenvalue weighted by Crippen LogP contribution is 2.18. The van der Waals surface area contributed by atoms with Gasteiger partial charge < -0.3 is 5.32 Å². The molecule has 1 aromatic carbocycles. The molecule has 0 fully saturated rings. The number of pyridine rings is 1. The lowest BCUT2D eigenvalue weighted by molar-refractivity contribution is 0.567. The summed E-state index contributed by atoms with van der Waals surface area (Å²) in [6.45, 7) is 4.59. The number of hydrogen-bond donors (Lipinski definition) is 2. The summed E-state index contributed by atoms with van der Waals surface area (Å²) in [4.78, 5) is 4.18. The fraction of sp³-hybridized carbons (Fsp3) is 0.267. The van der Waals surface area contributed by atoms with Crippen molar-refractivity contribution in [3.8, 4) is 0 Å². The van der Waals surface area contributed by atoms with E-state index in [1.54, 1.807) is 55.7 Å². The molecule has 2 N–H and O–H groups in total. The molecule has 112 valence electrons. The van der Waals surface area contributed by atoms with E-state index in [2.05, 4.69) is 15.0 Å². The lowest BCUT2D eigenvalue weighted by atomic mass is 10.1. The van der Waals surface area contributed by atoms with Crippen LogP contribution < -0.4 is 10.0 Å². The topological polar surface area (TPSA) is 71.1 Å².